The molecule has 2 nitrogen and oxygen atoms in total. The molecule has 0 heterocycles. The molecule has 4 fully saturated rings. The molecular weight excluding hydrogens is 282 g/mol. The van der Waals surface area contributed by atoms with E-state index in [4.69, 9.17) is 0 Å². The Balaban J connectivity index is 1.37. The lowest BCUT2D eigenvalue weighted by molar-refractivity contribution is -0.119. The summed E-state index contributed by atoms with van der Waals surface area (Å²) >= 11 is 0. The Morgan fingerprint density at radius 3 is 2.26 bits per heavy atom. The van der Waals surface area contributed by atoms with E-state index in [9.17, 15) is 4.79 Å². The molecule has 1 atom stereocenters. The van der Waals surface area contributed by atoms with E-state index in [0.717, 1.165) is 29.2 Å². The first-order chi connectivity index (χ1) is 11.2. The van der Waals surface area contributed by atoms with Gasteiger partial charge in [-0.1, -0.05) is 30.3 Å². The predicted octanol–water partition coefficient (Wildman–Crippen LogP) is 4.28. The Hall–Kier alpha value is -1.57. The molecule has 0 unspecified atom stereocenters. The van der Waals surface area contributed by atoms with Crippen LogP contribution in [0.25, 0.3) is 6.08 Å². The molecule has 4 aliphatic rings. The standard InChI is InChI=1S/C21H27NO/c1-14(22-20(23)8-7-15-5-3-2-4-6-15)21-18-10-16-9-17(12-18)13-19(21)11-16/h2-8,14,16-19,21H,9-13H2,1H3,(H,22,23)/b8-7-/t14-,16?,17?,18?,19?,21?/m1/s1. The summed E-state index contributed by atoms with van der Waals surface area (Å²) in [6, 6.07) is 10.3. The number of nitrogens with one attached hydrogen (secondary N) is 1. The third kappa shape index (κ3) is 3.08. The van der Waals surface area contributed by atoms with Crippen molar-refractivity contribution in [3.63, 3.8) is 0 Å². The van der Waals surface area contributed by atoms with E-state index in [-0.39, 0.29) is 5.91 Å². The maximum absolute atomic E-state index is 12.3. The van der Waals surface area contributed by atoms with E-state index in [0.29, 0.717) is 12.0 Å². The highest BCUT2D eigenvalue weighted by atomic mass is 16.1. The van der Waals surface area contributed by atoms with Gasteiger partial charge in [-0.3, -0.25) is 4.79 Å². The first-order valence-electron chi connectivity index (χ1n) is 9.22. The van der Waals surface area contributed by atoms with E-state index in [1.54, 1.807) is 6.08 Å². The number of benzene rings is 1. The Bertz CT molecular complexity index is 563. The lowest BCUT2D eigenvalue weighted by Crippen LogP contribution is -2.52. The zero-order chi connectivity index (χ0) is 15.8. The van der Waals surface area contributed by atoms with E-state index in [1.807, 2.05) is 36.4 Å². The predicted molar refractivity (Wildman–Crippen MR) is 93.6 cm³/mol. The maximum Gasteiger partial charge on any atom is 0.244 e. The summed E-state index contributed by atoms with van der Waals surface area (Å²) in [5, 5.41) is 3.25. The second kappa shape index (κ2) is 6.14. The normalized spacial score (nSPS) is 36.3. The van der Waals surface area contributed by atoms with Crippen molar-refractivity contribution in [2.45, 2.75) is 45.1 Å². The van der Waals surface area contributed by atoms with Crippen molar-refractivity contribution in [1.29, 1.82) is 0 Å². The van der Waals surface area contributed by atoms with Gasteiger partial charge in [0.25, 0.3) is 0 Å². The van der Waals surface area contributed by atoms with Crippen molar-refractivity contribution >= 4 is 12.0 Å². The summed E-state index contributed by atoms with van der Waals surface area (Å²) in [7, 11) is 0. The Morgan fingerprint density at radius 1 is 1.04 bits per heavy atom. The minimum Gasteiger partial charge on any atom is -0.350 e. The lowest BCUT2D eigenvalue weighted by atomic mass is 9.50. The van der Waals surface area contributed by atoms with Crippen molar-refractivity contribution in [1.82, 2.24) is 5.32 Å². The summed E-state index contributed by atoms with van der Waals surface area (Å²) in [4.78, 5) is 12.3. The molecule has 4 saturated carbocycles. The van der Waals surface area contributed by atoms with Crippen molar-refractivity contribution in [3.05, 3.63) is 42.0 Å². The number of hydrogen-bond donors (Lipinski definition) is 1. The quantitative estimate of drug-likeness (QED) is 0.827. The van der Waals surface area contributed by atoms with Crippen LogP contribution in [0.2, 0.25) is 0 Å². The zero-order valence-electron chi connectivity index (χ0n) is 13.9. The highest BCUT2D eigenvalue weighted by Gasteiger charge is 2.49. The topological polar surface area (TPSA) is 29.1 Å². The van der Waals surface area contributed by atoms with Gasteiger partial charge in [-0.05, 0) is 80.3 Å². The maximum atomic E-state index is 12.3. The van der Waals surface area contributed by atoms with E-state index in [1.165, 1.54) is 32.1 Å². The number of carbonyl (C=O) groups excluding carboxylic acids is 1. The van der Waals surface area contributed by atoms with Gasteiger partial charge in [0.2, 0.25) is 5.91 Å². The number of hydrogen-bond acceptors (Lipinski definition) is 1. The first kappa shape index (κ1) is 15.0. The fourth-order valence-corrected chi connectivity index (χ4v) is 5.89. The van der Waals surface area contributed by atoms with Crippen LogP contribution in [0, 0.1) is 29.6 Å². The van der Waals surface area contributed by atoms with Gasteiger partial charge >= 0.3 is 0 Å². The molecule has 0 aromatic heterocycles. The van der Waals surface area contributed by atoms with Crippen LogP contribution in [0.5, 0.6) is 0 Å². The molecule has 4 bridgehead atoms. The highest BCUT2D eigenvalue weighted by molar-refractivity contribution is 5.91. The molecule has 0 radical (unpaired) electrons. The van der Waals surface area contributed by atoms with Crippen molar-refractivity contribution < 1.29 is 4.79 Å². The van der Waals surface area contributed by atoms with Crippen LogP contribution in [-0.4, -0.2) is 11.9 Å². The van der Waals surface area contributed by atoms with Crippen molar-refractivity contribution in [2.24, 2.45) is 29.6 Å². The molecule has 0 saturated heterocycles. The van der Waals surface area contributed by atoms with Gasteiger partial charge in [-0.15, -0.1) is 0 Å². The average Bonchev–Trinajstić information content (AvgIpc) is 2.53. The van der Waals surface area contributed by atoms with E-state index >= 15 is 0 Å². The molecule has 1 amide bonds. The smallest absolute Gasteiger partial charge is 0.244 e. The van der Waals surface area contributed by atoms with Gasteiger partial charge in [0.1, 0.15) is 0 Å². The molecule has 4 aliphatic carbocycles. The molecule has 122 valence electrons. The Labute approximate surface area is 139 Å². The average molecular weight is 309 g/mol. The summed E-state index contributed by atoms with van der Waals surface area (Å²) < 4.78 is 0. The second-order valence-corrected chi connectivity index (χ2v) is 8.05. The first-order valence-corrected chi connectivity index (χ1v) is 9.22. The Morgan fingerprint density at radius 2 is 1.65 bits per heavy atom. The highest BCUT2D eigenvalue weighted by Crippen LogP contribution is 2.57. The summed E-state index contributed by atoms with van der Waals surface area (Å²) in [5.41, 5.74) is 1.07. The van der Waals surface area contributed by atoms with Gasteiger partial charge in [-0.2, -0.15) is 0 Å². The summed E-state index contributed by atoms with van der Waals surface area (Å²) in [6.45, 7) is 2.22. The van der Waals surface area contributed by atoms with Crippen LogP contribution in [-0.2, 0) is 4.79 Å². The van der Waals surface area contributed by atoms with E-state index < -0.39 is 0 Å². The van der Waals surface area contributed by atoms with Gasteiger partial charge in [0.05, 0.1) is 0 Å². The monoisotopic (exact) mass is 309 g/mol. The fourth-order valence-electron chi connectivity index (χ4n) is 5.89. The largest absolute Gasteiger partial charge is 0.350 e. The Kier molecular flexibility index (Phi) is 4.00. The number of rotatable bonds is 4. The third-order valence-electron chi connectivity index (χ3n) is 6.47. The van der Waals surface area contributed by atoms with Crippen LogP contribution in [0.3, 0.4) is 0 Å². The molecular formula is C21H27NO. The lowest BCUT2D eigenvalue weighted by Gasteiger charge is -2.56. The molecule has 0 aliphatic heterocycles. The van der Waals surface area contributed by atoms with Crippen LogP contribution >= 0.6 is 0 Å². The second-order valence-electron chi connectivity index (χ2n) is 8.05. The fraction of sp³-hybridized carbons (Fsp3) is 0.571. The molecule has 5 rings (SSSR count). The van der Waals surface area contributed by atoms with Gasteiger partial charge in [0, 0.05) is 12.1 Å². The van der Waals surface area contributed by atoms with Crippen molar-refractivity contribution in [3.8, 4) is 0 Å². The van der Waals surface area contributed by atoms with Crippen LogP contribution in [0.4, 0.5) is 0 Å². The third-order valence-corrected chi connectivity index (χ3v) is 6.47. The molecule has 2 heteroatoms. The van der Waals surface area contributed by atoms with Gasteiger partial charge in [0.15, 0.2) is 0 Å². The van der Waals surface area contributed by atoms with Crippen molar-refractivity contribution in [2.75, 3.05) is 0 Å². The van der Waals surface area contributed by atoms with Gasteiger partial charge in [-0.25, -0.2) is 0 Å². The van der Waals surface area contributed by atoms with Crippen LogP contribution in [0.15, 0.2) is 36.4 Å². The van der Waals surface area contributed by atoms with Gasteiger partial charge < -0.3 is 5.32 Å². The minimum absolute atomic E-state index is 0.0511. The van der Waals surface area contributed by atoms with E-state index in [2.05, 4.69) is 12.2 Å². The minimum atomic E-state index is 0.0511. The summed E-state index contributed by atoms with van der Waals surface area (Å²) in [6.07, 6.45) is 10.7. The molecule has 1 aromatic rings. The number of carbonyl (C=O) groups is 1. The molecule has 23 heavy (non-hydrogen) atoms. The summed E-state index contributed by atoms with van der Waals surface area (Å²) in [5.74, 6) is 4.47. The molecule has 1 aromatic carbocycles. The zero-order valence-corrected chi connectivity index (χ0v) is 13.9. The van der Waals surface area contributed by atoms with Crippen LogP contribution in [0.1, 0.15) is 44.6 Å². The molecule has 0 spiro atoms. The number of amides is 1. The SMILES string of the molecule is C[C@@H](NC(=O)/C=C\c1ccccc1)C1C2CC3CC(C2)CC1C3. The molecule has 1 N–H and O–H groups in total. The van der Waals surface area contributed by atoms with Crippen LogP contribution < -0.4 is 5.32 Å².